The van der Waals surface area contributed by atoms with Crippen LogP contribution in [0.1, 0.15) is 26.7 Å². The quantitative estimate of drug-likeness (QED) is 0.580. The van der Waals surface area contributed by atoms with Gasteiger partial charge >= 0.3 is 0 Å². The van der Waals surface area contributed by atoms with Crippen molar-refractivity contribution in [1.29, 1.82) is 0 Å². The highest BCUT2D eigenvalue weighted by atomic mass is 16.5. The van der Waals surface area contributed by atoms with E-state index in [4.69, 9.17) is 14.5 Å². The van der Waals surface area contributed by atoms with Gasteiger partial charge in [0.2, 0.25) is 0 Å². The Morgan fingerprint density at radius 1 is 1.27 bits per heavy atom. The normalized spacial score (nSPS) is 26.7. The zero-order chi connectivity index (χ0) is 15.8. The first-order valence-corrected chi connectivity index (χ1v) is 8.69. The number of rotatable bonds is 6. The van der Waals surface area contributed by atoms with Gasteiger partial charge in [-0.1, -0.05) is 6.92 Å². The third-order valence-corrected chi connectivity index (χ3v) is 4.39. The Balaban J connectivity index is 1.90. The Morgan fingerprint density at radius 3 is 2.77 bits per heavy atom. The van der Waals surface area contributed by atoms with Crippen LogP contribution < -0.4 is 5.32 Å². The second-order valence-electron chi connectivity index (χ2n) is 6.04. The standard InChI is InChI=1S/C16H32N4O2/c1-4-17-16(18-8-9-19(3)5-2)20-10-12-22-15(13-20)14-7-6-11-21-14/h14-15H,4-13H2,1-3H3,(H,17,18). The molecule has 0 saturated carbocycles. The van der Waals surface area contributed by atoms with Crippen LogP contribution in [-0.4, -0.2) is 87.5 Å². The number of ether oxygens (including phenoxy) is 2. The zero-order valence-electron chi connectivity index (χ0n) is 14.4. The van der Waals surface area contributed by atoms with Crippen molar-refractivity contribution in [2.24, 2.45) is 4.99 Å². The average molecular weight is 312 g/mol. The van der Waals surface area contributed by atoms with Gasteiger partial charge in [0.15, 0.2) is 5.96 Å². The molecule has 0 bridgehead atoms. The van der Waals surface area contributed by atoms with Crippen molar-refractivity contribution in [3.05, 3.63) is 0 Å². The van der Waals surface area contributed by atoms with Gasteiger partial charge in [-0.05, 0) is 33.4 Å². The lowest BCUT2D eigenvalue weighted by atomic mass is 10.1. The van der Waals surface area contributed by atoms with E-state index in [-0.39, 0.29) is 12.2 Å². The molecule has 2 fully saturated rings. The van der Waals surface area contributed by atoms with Crippen LogP contribution in [0.5, 0.6) is 0 Å². The van der Waals surface area contributed by atoms with E-state index in [2.05, 4.69) is 36.0 Å². The number of hydrogen-bond acceptors (Lipinski definition) is 4. The monoisotopic (exact) mass is 312 g/mol. The predicted molar refractivity (Wildman–Crippen MR) is 89.4 cm³/mol. The fraction of sp³-hybridized carbons (Fsp3) is 0.938. The second kappa shape index (κ2) is 9.33. The van der Waals surface area contributed by atoms with Gasteiger partial charge in [0.1, 0.15) is 6.10 Å². The number of hydrogen-bond donors (Lipinski definition) is 1. The summed E-state index contributed by atoms with van der Waals surface area (Å²) in [6.07, 6.45) is 2.71. The minimum atomic E-state index is 0.179. The lowest BCUT2D eigenvalue weighted by Gasteiger charge is -2.37. The Kier molecular flexibility index (Phi) is 7.42. The van der Waals surface area contributed by atoms with Gasteiger partial charge in [-0.25, -0.2) is 0 Å². The minimum absolute atomic E-state index is 0.179. The summed E-state index contributed by atoms with van der Waals surface area (Å²) in [4.78, 5) is 9.38. The molecule has 0 aromatic carbocycles. The van der Waals surface area contributed by atoms with E-state index in [0.29, 0.717) is 0 Å². The van der Waals surface area contributed by atoms with E-state index < -0.39 is 0 Å². The van der Waals surface area contributed by atoms with E-state index in [9.17, 15) is 0 Å². The van der Waals surface area contributed by atoms with Crippen molar-refractivity contribution in [3.8, 4) is 0 Å². The van der Waals surface area contributed by atoms with Crippen LogP contribution in [0.4, 0.5) is 0 Å². The maximum absolute atomic E-state index is 5.92. The van der Waals surface area contributed by atoms with Crippen LogP contribution in [0.2, 0.25) is 0 Å². The first kappa shape index (κ1) is 17.5. The van der Waals surface area contributed by atoms with Gasteiger partial charge in [0, 0.05) is 32.8 Å². The molecule has 22 heavy (non-hydrogen) atoms. The highest BCUT2D eigenvalue weighted by Gasteiger charge is 2.32. The highest BCUT2D eigenvalue weighted by molar-refractivity contribution is 5.80. The molecule has 2 heterocycles. The largest absolute Gasteiger partial charge is 0.375 e. The summed E-state index contributed by atoms with van der Waals surface area (Å²) >= 11 is 0. The molecule has 1 N–H and O–H groups in total. The van der Waals surface area contributed by atoms with Gasteiger partial charge in [0.25, 0.3) is 0 Å². The SMILES string of the molecule is CCNC(=NCCN(C)CC)N1CCOC(C2CCCO2)C1. The molecule has 0 aromatic rings. The lowest BCUT2D eigenvalue weighted by Crippen LogP contribution is -2.53. The summed E-state index contributed by atoms with van der Waals surface area (Å²) in [5.74, 6) is 1.01. The third-order valence-electron chi connectivity index (χ3n) is 4.39. The minimum Gasteiger partial charge on any atom is -0.375 e. The second-order valence-corrected chi connectivity index (χ2v) is 6.04. The van der Waals surface area contributed by atoms with E-state index in [1.807, 2.05) is 0 Å². The van der Waals surface area contributed by atoms with E-state index in [0.717, 1.165) is 71.3 Å². The number of guanidine groups is 1. The predicted octanol–water partition coefficient (Wildman–Crippen LogP) is 0.783. The van der Waals surface area contributed by atoms with Gasteiger partial charge in [0.05, 0.1) is 19.3 Å². The Labute approximate surface area is 134 Å². The zero-order valence-corrected chi connectivity index (χ0v) is 14.4. The molecular weight excluding hydrogens is 280 g/mol. The van der Waals surface area contributed by atoms with Crippen LogP contribution in [0.3, 0.4) is 0 Å². The molecule has 2 aliphatic heterocycles. The summed E-state index contributed by atoms with van der Waals surface area (Å²) in [5.41, 5.74) is 0. The summed E-state index contributed by atoms with van der Waals surface area (Å²) in [6.45, 7) is 11.5. The van der Waals surface area contributed by atoms with Crippen LogP contribution >= 0.6 is 0 Å². The number of nitrogens with one attached hydrogen (secondary N) is 1. The fourth-order valence-corrected chi connectivity index (χ4v) is 2.90. The number of nitrogens with zero attached hydrogens (tertiary/aromatic N) is 3. The number of morpholine rings is 1. The Morgan fingerprint density at radius 2 is 2.09 bits per heavy atom. The van der Waals surface area contributed by atoms with Gasteiger partial charge in [-0.15, -0.1) is 0 Å². The van der Waals surface area contributed by atoms with Gasteiger partial charge in [-0.2, -0.15) is 0 Å². The van der Waals surface area contributed by atoms with E-state index in [1.54, 1.807) is 0 Å². The van der Waals surface area contributed by atoms with Crippen molar-refractivity contribution >= 4 is 5.96 Å². The molecule has 0 amide bonds. The van der Waals surface area contributed by atoms with Crippen molar-refractivity contribution in [2.75, 3.05) is 59.5 Å². The van der Waals surface area contributed by atoms with Crippen molar-refractivity contribution in [1.82, 2.24) is 15.1 Å². The lowest BCUT2D eigenvalue weighted by molar-refractivity contribution is -0.0817. The van der Waals surface area contributed by atoms with E-state index >= 15 is 0 Å². The maximum Gasteiger partial charge on any atom is 0.194 e. The third kappa shape index (κ3) is 5.11. The maximum atomic E-state index is 5.92. The van der Waals surface area contributed by atoms with Gasteiger partial charge < -0.3 is 24.6 Å². The first-order valence-electron chi connectivity index (χ1n) is 8.69. The highest BCUT2D eigenvalue weighted by Crippen LogP contribution is 2.21. The molecule has 6 heteroatoms. The fourth-order valence-electron chi connectivity index (χ4n) is 2.90. The molecule has 2 rings (SSSR count). The van der Waals surface area contributed by atoms with Crippen molar-refractivity contribution in [3.63, 3.8) is 0 Å². The average Bonchev–Trinajstić information content (AvgIpc) is 3.08. The van der Waals surface area contributed by atoms with Crippen LogP contribution in [0.25, 0.3) is 0 Å². The molecule has 0 aromatic heterocycles. The summed E-state index contributed by atoms with van der Waals surface area (Å²) in [5, 5.41) is 3.42. The molecule has 0 spiro atoms. The Hall–Kier alpha value is -0.850. The van der Waals surface area contributed by atoms with Gasteiger partial charge in [-0.3, -0.25) is 4.99 Å². The topological polar surface area (TPSA) is 49.3 Å². The molecule has 0 aliphatic carbocycles. The summed E-state index contributed by atoms with van der Waals surface area (Å²) in [7, 11) is 2.13. The summed E-state index contributed by atoms with van der Waals surface area (Å²) in [6, 6.07) is 0. The van der Waals surface area contributed by atoms with Crippen LogP contribution in [0.15, 0.2) is 4.99 Å². The molecule has 2 atom stereocenters. The molecule has 6 nitrogen and oxygen atoms in total. The molecule has 2 saturated heterocycles. The molecule has 2 aliphatic rings. The van der Waals surface area contributed by atoms with Crippen LogP contribution in [0, 0.1) is 0 Å². The smallest absolute Gasteiger partial charge is 0.194 e. The molecular formula is C16H32N4O2. The molecule has 0 radical (unpaired) electrons. The van der Waals surface area contributed by atoms with Crippen molar-refractivity contribution in [2.45, 2.75) is 38.9 Å². The number of likely N-dealkylation sites (N-methyl/N-ethyl adjacent to an activating group) is 1. The van der Waals surface area contributed by atoms with Crippen LogP contribution in [-0.2, 0) is 9.47 Å². The number of aliphatic imine (C=N–C) groups is 1. The first-order chi connectivity index (χ1) is 10.7. The van der Waals surface area contributed by atoms with E-state index in [1.165, 1.54) is 0 Å². The molecule has 2 unspecified atom stereocenters. The van der Waals surface area contributed by atoms with Crippen molar-refractivity contribution < 1.29 is 9.47 Å². The summed E-state index contributed by atoms with van der Waals surface area (Å²) < 4.78 is 11.7. The Bertz CT molecular complexity index is 345. The molecule has 128 valence electrons.